The quantitative estimate of drug-likeness (QED) is 0.823. The van der Waals surface area contributed by atoms with Crippen molar-refractivity contribution in [2.45, 2.75) is 57.9 Å². The Labute approximate surface area is 116 Å². The third kappa shape index (κ3) is 2.54. The van der Waals surface area contributed by atoms with E-state index in [4.69, 9.17) is 0 Å². The molecule has 0 radical (unpaired) electrons. The average molecular weight is 265 g/mol. The molecule has 0 aromatic heterocycles. The molecule has 19 heavy (non-hydrogen) atoms. The van der Waals surface area contributed by atoms with Crippen LogP contribution >= 0.6 is 0 Å². The third-order valence-corrected chi connectivity index (χ3v) is 5.99. The van der Waals surface area contributed by atoms with E-state index in [-0.39, 0.29) is 24.5 Å². The summed E-state index contributed by atoms with van der Waals surface area (Å²) in [6.45, 7) is 2.53. The molecule has 4 unspecified atom stereocenters. The van der Waals surface area contributed by atoms with Crippen LogP contribution in [0.1, 0.15) is 51.9 Å². The maximum atomic E-state index is 12.4. The standard InChI is InChI=1S/C16H27NO2/c1-10-2-4-11(5-3-10)16(19)17-15-13-7-6-12(8-13)14(15)9-18/h10-15,18H,2-9H2,1H3,(H,17,19). The fourth-order valence-corrected chi connectivity index (χ4v) is 4.70. The van der Waals surface area contributed by atoms with Gasteiger partial charge >= 0.3 is 0 Å². The fourth-order valence-electron chi connectivity index (χ4n) is 4.70. The molecule has 3 fully saturated rings. The van der Waals surface area contributed by atoms with Crippen molar-refractivity contribution in [3.8, 4) is 0 Å². The number of carbonyl (C=O) groups excluding carboxylic acids is 1. The summed E-state index contributed by atoms with van der Waals surface area (Å²) in [7, 11) is 0. The second-order valence-electron chi connectivity index (χ2n) is 7.17. The molecule has 3 heteroatoms. The van der Waals surface area contributed by atoms with Crippen molar-refractivity contribution in [3.05, 3.63) is 0 Å². The second kappa shape index (κ2) is 5.43. The minimum absolute atomic E-state index is 0.231. The normalized spacial score (nSPS) is 45.4. The van der Waals surface area contributed by atoms with Gasteiger partial charge in [0.05, 0.1) is 0 Å². The van der Waals surface area contributed by atoms with Gasteiger partial charge in [0.2, 0.25) is 5.91 Å². The lowest BCUT2D eigenvalue weighted by Crippen LogP contribution is -2.47. The summed E-state index contributed by atoms with van der Waals surface area (Å²) in [4.78, 5) is 12.4. The molecule has 2 N–H and O–H groups in total. The molecule has 0 heterocycles. The molecule has 0 saturated heterocycles. The predicted molar refractivity (Wildman–Crippen MR) is 74.5 cm³/mol. The highest BCUT2D eigenvalue weighted by Crippen LogP contribution is 2.48. The second-order valence-corrected chi connectivity index (χ2v) is 7.17. The number of amides is 1. The van der Waals surface area contributed by atoms with Gasteiger partial charge in [-0.25, -0.2) is 0 Å². The fraction of sp³-hybridized carbons (Fsp3) is 0.938. The first-order valence-corrected chi connectivity index (χ1v) is 8.10. The van der Waals surface area contributed by atoms with Gasteiger partial charge < -0.3 is 10.4 Å². The van der Waals surface area contributed by atoms with Gasteiger partial charge in [-0.05, 0) is 62.7 Å². The molecule has 0 spiro atoms. The van der Waals surface area contributed by atoms with Crippen molar-refractivity contribution in [3.63, 3.8) is 0 Å². The minimum atomic E-state index is 0.231. The van der Waals surface area contributed by atoms with Crippen LogP contribution in [0.3, 0.4) is 0 Å². The summed E-state index contributed by atoms with van der Waals surface area (Å²) in [6, 6.07) is 0.260. The first kappa shape index (κ1) is 13.4. The zero-order valence-electron chi connectivity index (χ0n) is 12.0. The van der Waals surface area contributed by atoms with Crippen LogP contribution in [0.5, 0.6) is 0 Å². The van der Waals surface area contributed by atoms with E-state index in [2.05, 4.69) is 12.2 Å². The summed E-state index contributed by atoms with van der Waals surface area (Å²) in [6.07, 6.45) is 8.21. The van der Waals surface area contributed by atoms with Crippen LogP contribution in [-0.4, -0.2) is 23.7 Å². The minimum Gasteiger partial charge on any atom is -0.396 e. The van der Waals surface area contributed by atoms with Crippen LogP contribution in [0, 0.1) is 29.6 Å². The Morgan fingerprint density at radius 1 is 1.11 bits per heavy atom. The SMILES string of the molecule is CC1CCC(C(=O)NC2C3CCC(C3)C2CO)CC1. The smallest absolute Gasteiger partial charge is 0.223 e. The Balaban J connectivity index is 1.57. The van der Waals surface area contributed by atoms with Gasteiger partial charge in [0.1, 0.15) is 0 Å². The number of hydrogen-bond acceptors (Lipinski definition) is 2. The predicted octanol–water partition coefficient (Wildman–Crippen LogP) is 2.34. The van der Waals surface area contributed by atoms with Gasteiger partial charge in [-0.3, -0.25) is 4.79 Å². The van der Waals surface area contributed by atoms with E-state index < -0.39 is 0 Å². The summed E-state index contributed by atoms with van der Waals surface area (Å²) in [5, 5.41) is 12.9. The molecule has 2 bridgehead atoms. The molecule has 3 aliphatic carbocycles. The molecule has 0 aromatic rings. The lowest BCUT2D eigenvalue weighted by atomic mass is 9.81. The Kier molecular flexibility index (Phi) is 3.84. The zero-order valence-corrected chi connectivity index (χ0v) is 12.0. The van der Waals surface area contributed by atoms with Crippen molar-refractivity contribution >= 4 is 5.91 Å². The van der Waals surface area contributed by atoms with E-state index in [0.29, 0.717) is 17.8 Å². The number of hydrogen-bond donors (Lipinski definition) is 2. The zero-order chi connectivity index (χ0) is 13.4. The highest BCUT2D eigenvalue weighted by atomic mass is 16.3. The molecule has 3 saturated carbocycles. The lowest BCUT2D eigenvalue weighted by Gasteiger charge is -2.33. The molecule has 1 amide bonds. The first-order chi connectivity index (χ1) is 9.19. The molecular weight excluding hydrogens is 238 g/mol. The van der Waals surface area contributed by atoms with Crippen LogP contribution in [0.2, 0.25) is 0 Å². The third-order valence-electron chi connectivity index (χ3n) is 5.99. The van der Waals surface area contributed by atoms with E-state index in [1.54, 1.807) is 0 Å². The van der Waals surface area contributed by atoms with Gasteiger partial charge in [0, 0.05) is 24.5 Å². The van der Waals surface area contributed by atoms with Crippen LogP contribution in [0.25, 0.3) is 0 Å². The van der Waals surface area contributed by atoms with E-state index in [0.717, 1.165) is 18.8 Å². The van der Waals surface area contributed by atoms with Crippen molar-refractivity contribution in [1.82, 2.24) is 5.32 Å². The number of aliphatic hydroxyl groups excluding tert-OH is 1. The average Bonchev–Trinajstić information content (AvgIpc) is 3.00. The number of carbonyl (C=O) groups is 1. The summed E-state index contributed by atoms with van der Waals surface area (Å²) in [5.74, 6) is 2.90. The van der Waals surface area contributed by atoms with Crippen molar-refractivity contribution in [1.29, 1.82) is 0 Å². The van der Waals surface area contributed by atoms with Crippen LogP contribution in [0.15, 0.2) is 0 Å². The molecule has 3 rings (SSSR count). The maximum Gasteiger partial charge on any atom is 0.223 e. The monoisotopic (exact) mass is 265 g/mol. The van der Waals surface area contributed by atoms with Gasteiger partial charge in [-0.15, -0.1) is 0 Å². The van der Waals surface area contributed by atoms with E-state index >= 15 is 0 Å². The highest BCUT2D eigenvalue weighted by Gasteiger charge is 2.48. The van der Waals surface area contributed by atoms with Gasteiger partial charge in [-0.2, -0.15) is 0 Å². The molecule has 0 aliphatic heterocycles. The number of rotatable bonds is 3. The van der Waals surface area contributed by atoms with Crippen molar-refractivity contribution < 1.29 is 9.90 Å². The van der Waals surface area contributed by atoms with E-state index in [1.165, 1.54) is 32.1 Å². The first-order valence-electron chi connectivity index (χ1n) is 8.10. The maximum absolute atomic E-state index is 12.4. The van der Waals surface area contributed by atoms with Crippen LogP contribution < -0.4 is 5.32 Å². The van der Waals surface area contributed by atoms with E-state index in [1.807, 2.05) is 0 Å². The summed E-state index contributed by atoms with van der Waals surface area (Å²) >= 11 is 0. The largest absolute Gasteiger partial charge is 0.396 e. The topological polar surface area (TPSA) is 49.3 Å². The lowest BCUT2D eigenvalue weighted by molar-refractivity contribution is -0.127. The molecular formula is C16H27NO2. The van der Waals surface area contributed by atoms with Crippen LogP contribution in [0.4, 0.5) is 0 Å². The Hall–Kier alpha value is -0.570. The van der Waals surface area contributed by atoms with Crippen molar-refractivity contribution in [2.24, 2.45) is 29.6 Å². The number of fused-ring (bicyclic) bond motifs is 2. The van der Waals surface area contributed by atoms with E-state index in [9.17, 15) is 9.90 Å². The summed E-state index contributed by atoms with van der Waals surface area (Å²) in [5.41, 5.74) is 0. The van der Waals surface area contributed by atoms with Gasteiger partial charge in [-0.1, -0.05) is 6.92 Å². The highest BCUT2D eigenvalue weighted by molar-refractivity contribution is 5.79. The number of nitrogens with one attached hydrogen (secondary N) is 1. The molecule has 108 valence electrons. The molecule has 3 nitrogen and oxygen atoms in total. The van der Waals surface area contributed by atoms with Gasteiger partial charge in [0.25, 0.3) is 0 Å². The summed E-state index contributed by atoms with van der Waals surface area (Å²) < 4.78 is 0. The molecule has 3 aliphatic rings. The van der Waals surface area contributed by atoms with Crippen LogP contribution in [-0.2, 0) is 4.79 Å². The van der Waals surface area contributed by atoms with Gasteiger partial charge in [0.15, 0.2) is 0 Å². The Morgan fingerprint density at radius 3 is 2.47 bits per heavy atom. The molecule has 0 aromatic carbocycles. The Bertz CT molecular complexity index is 336. The number of aliphatic hydroxyl groups is 1. The Morgan fingerprint density at radius 2 is 1.79 bits per heavy atom. The van der Waals surface area contributed by atoms with Crippen molar-refractivity contribution in [2.75, 3.05) is 6.61 Å². The molecule has 4 atom stereocenters.